The van der Waals surface area contributed by atoms with E-state index in [2.05, 4.69) is 69.6 Å². The SMILES string of the molecule is Cc1cc(C(C)Nc2c(C)nn(C(C)C)c2C)c(C)s1. The van der Waals surface area contributed by atoms with Crippen molar-refractivity contribution in [3.63, 3.8) is 0 Å². The Bertz CT molecular complexity index is 608. The molecular formula is C16H25N3S. The average Bonchev–Trinajstić information content (AvgIpc) is 2.82. The van der Waals surface area contributed by atoms with E-state index in [1.165, 1.54) is 26.7 Å². The molecule has 2 aromatic heterocycles. The van der Waals surface area contributed by atoms with Crippen molar-refractivity contribution in [1.29, 1.82) is 0 Å². The lowest BCUT2D eigenvalue weighted by atomic mass is 10.1. The monoisotopic (exact) mass is 291 g/mol. The molecule has 2 aromatic rings. The Morgan fingerprint density at radius 2 is 1.80 bits per heavy atom. The largest absolute Gasteiger partial charge is 0.376 e. The molecule has 0 saturated carbocycles. The van der Waals surface area contributed by atoms with Gasteiger partial charge in [-0.15, -0.1) is 11.3 Å². The zero-order chi connectivity index (χ0) is 15.0. The molecule has 1 atom stereocenters. The number of hydrogen-bond donors (Lipinski definition) is 1. The summed E-state index contributed by atoms with van der Waals surface area (Å²) in [5, 5.41) is 8.29. The summed E-state index contributed by atoms with van der Waals surface area (Å²) in [5.41, 5.74) is 4.86. The van der Waals surface area contributed by atoms with Crippen LogP contribution in [0.1, 0.15) is 59.6 Å². The third-order valence-corrected chi connectivity index (χ3v) is 4.70. The van der Waals surface area contributed by atoms with E-state index in [0.29, 0.717) is 12.1 Å². The molecule has 0 radical (unpaired) electrons. The van der Waals surface area contributed by atoms with Gasteiger partial charge in [-0.2, -0.15) is 5.10 Å². The first-order valence-corrected chi connectivity index (χ1v) is 8.02. The molecule has 0 saturated heterocycles. The molecule has 0 aliphatic heterocycles. The number of aromatic nitrogens is 2. The number of nitrogens with zero attached hydrogens (tertiary/aromatic N) is 2. The highest BCUT2D eigenvalue weighted by Crippen LogP contribution is 2.31. The molecule has 20 heavy (non-hydrogen) atoms. The smallest absolute Gasteiger partial charge is 0.0828 e. The van der Waals surface area contributed by atoms with Crippen LogP contribution in [-0.2, 0) is 0 Å². The molecule has 0 amide bonds. The Labute approximate surface area is 126 Å². The Kier molecular flexibility index (Phi) is 4.23. The first kappa shape index (κ1) is 15.1. The molecular weight excluding hydrogens is 266 g/mol. The van der Waals surface area contributed by atoms with E-state index in [1.54, 1.807) is 0 Å². The van der Waals surface area contributed by atoms with Crippen LogP contribution in [0.25, 0.3) is 0 Å². The summed E-state index contributed by atoms with van der Waals surface area (Å²) in [6.07, 6.45) is 0. The predicted molar refractivity (Wildman–Crippen MR) is 87.9 cm³/mol. The molecule has 3 nitrogen and oxygen atoms in total. The second-order valence-electron chi connectivity index (χ2n) is 5.82. The van der Waals surface area contributed by atoms with E-state index < -0.39 is 0 Å². The number of nitrogens with one attached hydrogen (secondary N) is 1. The molecule has 2 rings (SSSR count). The topological polar surface area (TPSA) is 29.9 Å². The van der Waals surface area contributed by atoms with Crippen LogP contribution in [-0.4, -0.2) is 9.78 Å². The first-order chi connectivity index (χ1) is 9.31. The Morgan fingerprint density at radius 1 is 1.15 bits per heavy atom. The Balaban J connectivity index is 2.28. The fourth-order valence-corrected chi connectivity index (χ4v) is 3.77. The minimum Gasteiger partial charge on any atom is -0.376 e. The molecule has 0 aromatic carbocycles. The Hall–Kier alpha value is -1.29. The maximum absolute atomic E-state index is 4.64. The highest BCUT2D eigenvalue weighted by atomic mass is 32.1. The van der Waals surface area contributed by atoms with E-state index >= 15 is 0 Å². The summed E-state index contributed by atoms with van der Waals surface area (Å²) < 4.78 is 2.09. The first-order valence-electron chi connectivity index (χ1n) is 7.20. The van der Waals surface area contributed by atoms with Gasteiger partial charge in [-0.1, -0.05) is 0 Å². The lowest BCUT2D eigenvalue weighted by Crippen LogP contribution is -2.09. The normalized spacial score (nSPS) is 13.0. The summed E-state index contributed by atoms with van der Waals surface area (Å²) >= 11 is 1.87. The van der Waals surface area contributed by atoms with Gasteiger partial charge in [-0.05, 0) is 60.1 Å². The van der Waals surface area contributed by atoms with Crippen LogP contribution in [0.3, 0.4) is 0 Å². The van der Waals surface area contributed by atoms with Gasteiger partial charge in [0.05, 0.1) is 17.1 Å². The van der Waals surface area contributed by atoms with Crippen molar-refractivity contribution in [3.8, 4) is 0 Å². The molecule has 110 valence electrons. The van der Waals surface area contributed by atoms with Crippen molar-refractivity contribution in [2.75, 3.05) is 5.32 Å². The minimum absolute atomic E-state index is 0.308. The highest BCUT2D eigenvalue weighted by molar-refractivity contribution is 7.12. The van der Waals surface area contributed by atoms with Crippen LogP contribution < -0.4 is 5.32 Å². The van der Waals surface area contributed by atoms with E-state index in [-0.39, 0.29) is 0 Å². The van der Waals surface area contributed by atoms with E-state index in [4.69, 9.17) is 0 Å². The van der Waals surface area contributed by atoms with Crippen molar-refractivity contribution in [3.05, 3.63) is 32.8 Å². The molecule has 0 spiro atoms. The van der Waals surface area contributed by atoms with Crippen LogP contribution in [0, 0.1) is 27.7 Å². The zero-order valence-corrected chi connectivity index (χ0v) is 14.4. The molecule has 1 N–H and O–H groups in total. The lowest BCUT2D eigenvalue weighted by molar-refractivity contribution is 0.516. The fraction of sp³-hybridized carbons (Fsp3) is 0.562. The van der Waals surface area contributed by atoms with Gasteiger partial charge in [0.15, 0.2) is 0 Å². The van der Waals surface area contributed by atoms with Crippen molar-refractivity contribution >= 4 is 17.0 Å². The van der Waals surface area contributed by atoms with Gasteiger partial charge in [0.2, 0.25) is 0 Å². The molecule has 4 heteroatoms. The molecule has 0 bridgehead atoms. The van der Waals surface area contributed by atoms with E-state index in [9.17, 15) is 0 Å². The number of thiophene rings is 1. The maximum Gasteiger partial charge on any atom is 0.0828 e. The van der Waals surface area contributed by atoms with E-state index in [0.717, 1.165) is 5.69 Å². The quantitative estimate of drug-likeness (QED) is 0.865. The summed E-state index contributed by atoms with van der Waals surface area (Å²) in [6.45, 7) is 15.1. The van der Waals surface area contributed by atoms with Gasteiger partial charge in [-0.3, -0.25) is 4.68 Å². The third kappa shape index (κ3) is 2.75. The molecule has 0 aliphatic carbocycles. The van der Waals surface area contributed by atoms with Gasteiger partial charge in [0, 0.05) is 21.8 Å². The van der Waals surface area contributed by atoms with Crippen LogP contribution in [0.2, 0.25) is 0 Å². The van der Waals surface area contributed by atoms with E-state index in [1.807, 2.05) is 11.3 Å². The highest BCUT2D eigenvalue weighted by Gasteiger charge is 2.17. The van der Waals surface area contributed by atoms with Gasteiger partial charge < -0.3 is 5.32 Å². The van der Waals surface area contributed by atoms with Crippen molar-refractivity contribution < 1.29 is 0 Å². The number of rotatable bonds is 4. The van der Waals surface area contributed by atoms with Gasteiger partial charge in [0.25, 0.3) is 0 Å². The number of anilines is 1. The fourth-order valence-electron chi connectivity index (χ4n) is 2.75. The molecule has 2 heterocycles. The second kappa shape index (κ2) is 5.60. The van der Waals surface area contributed by atoms with Crippen molar-refractivity contribution in [2.45, 2.75) is 60.5 Å². The van der Waals surface area contributed by atoms with Crippen LogP contribution in [0.4, 0.5) is 5.69 Å². The second-order valence-corrected chi connectivity index (χ2v) is 7.28. The molecule has 0 aliphatic rings. The average molecular weight is 291 g/mol. The van der Waals surface area contributed by atoms with Crippen molar-refractivity contribution in [1.82, 2.24) is 9.78 Å². The van der Waals surface area contributed by atoms with Crippen LogP contribution in [0.5, 0.6) is 0 Å². The van der Waals surface area contributed by atoms with Gasteiger partial charge in [0.1, 0.15) is 0 Å². The molecule has 0 fully saturated rings. The van der Waals surface area contributed by atoms with Crippen LogP contribution >= 0.6 is 11.3 Å². The lowest BCUT2D eigenvalue weighted by Gasteiger charge is -2.16. The minimum atomic E-state index is 0.308. The maximum atomic E-state index is 4.64. The third-order valence-electron chi connectivity index (χ3n) is 3.72. The molecule has 1 unspecified atom stereocenters. The predicted octanol–water partition coefficient (Wildman–Crippen LogP) is 4.93. The zero-order valence-electron chi connectivity index (χ0n) is 13.5. The summed E-state index contributed by atoms with van der Waals surface area (Å²) in [6, 6.07) is 2.99. The number of hydrogen-bond acceptors (Lipinski definition) is 3. The summed E-state index contributed by atoms with van der Waals surface area (Å²) in [4.78, 5) is 2.77. The Morgan fingerprint density at radius 3 is 2.25 bits per heavy atom. The van der Waals surface area contributed by atoms with Crippen LogP contribution in [0.15, 0.2) is 6.07 Å². The number of aryl methyl sites for hydroxylation is 3. The summed E-state index contributed by atoms with van der Waals surface area (Å²) in [5.74, 6) is 0. The van der Waals surface area contributed by atoms with Gasteiger partial charge >= 0.3 is 0 Å². The standard InChI is InChI=1S/C16H25N3S/c1-9(2)19-13(6)16(12(5)18-19)17-11(4)15-8-10(3)20-14(15)7/h8-9,11,17H,1-7H3. The summed E-state index contributed by atoms with van der Waals surface area (Å²) in [7, 11) is 0. The van der Waals surface area contributed by atoms with Crippen molar-refractivity contribution in [2.24, 2.45) is 0 Å². The van der Waals surface area contributed by atoms with Gasteiger partial charge in [-0.25, -0.2) is 0 Å².